The molecule has 0 unspecified atom stereocenters. The average molecular weight is 351 g/mol. The van der Waals surface area contributed by atoms with Gasteiger partial charge in [0.25, 0.3) is 0 Å². The second kappa shape index (κ2) is 5.26. The van der Waals surface area contributed by atoms with Crippen molar-refractivity contribution in [2.24, 2.45) is 7.05 Å². The number of aryl methyl sites for hydroxylation is 2. The summed E-state index contributed by atoms with van der Waals surface area (Å²) < 4.78 is 18.8. The topological polar surface area (TPSA) is 69.3 Å². The average Bonchev–Trinajstić information content (AvgIpc) is 3.32. The molecule has 25 heavy (non-hydrogen) atoms. The van der Waals surface area contributed by atoms with Gasteiger partial charge in [0.1, 0.15) is 16.7 Å². The molecular formula is C18H13N3O3S. The molecule has 3 heterocycles. The Morgan fingerprint density at radius 3 is 3.04 bits per heavy atom. The lowest BCUT2D eigenvalue weighted by atomic mass is 9.92. The fourth-order valence-electron chi connectivity index (χ4n) is 3.38. The molecule has 0 bridgehead atoms. The molecule has 0 spiro atoms. The number of hydrogen-bond donors (Lipinski definition) is 0. The minimum atomic E-state index is 0.226. The zero-order valence-corrected chi connectivity index (χ0v) is 14.2. The highest BCUT2D eigenvalue weighted by molar-refractivity contribution is 7.15. The van der Waals surface area contributed by atoms with Crippen molar-refractivity contribution >= 4 is 11.3 Å². The van der Waals surface area contributed by atoms with Gasteiger partial charge in [-0.1, -0.05) is 11.3 Å². The Hall–Kier alpha value is -2.98. The van der Waals surface area contributed by atoms with E-state index in [0.29, 0.717) is 22.1 Å². The minimum Gasteiger partial charge on any atom is -0.454 e. The molecule has 0 radical (unpaired) electrons. The van der Waals surface area contributed by atoms with E-state index in [2.05, 4.69) is 11.2 Å². The summed E-state index contributed by atoms with van der Waals surface area (Å²) in [7, 11) is 1.92. The Balaban J connectivity index is 1.62. The predicted octanol–water partition coefficient (Wildman–Crippen LogP) is 3.64. The fraction of sp³-hybridized carbons (Fsp3) is 0.222. The summed E-state index contributed by atoms with van der Waals surface area (Å²) >= 11 is 1.38. The summed E-state index contributed by atoms with van der Waals surface area (Å²) in [4.78, 5) is 0.706. The van der Waals surface area contributed by atoms with E-state index in [1.807, 2.05) is 36.1 Å². The van der Waals surface area contributed by atoms with Gasteiger partial charge in [-0.05, 0) is 36.1 Å². The number of fused-ring (bicyclic) bond motifs is 4. The van der Waals surface area contributed by atoms with Crippen LogP contribution in [0.1, 0.15) is 16.0 Å². The third-order valence-electron chi connectivity index (χ3n) is 4.53. The normalized spacial score (nSPS) is 13.9. The summed E-state index contributed by atoms with van der Waals surface area (Å²) in [6.45, 7) is 0.226. The highest BCUT2D eigenvalue weighted by Gasteiger charge is 2.29. The number of benzene rings is 1. The first kappa shape index (κ1) is 14.4. The first-order valence-electron chi connectivity index (χ1n) is 7.89. The third kappa shape index (κ3) is 2.11. The third-order valence-corrected chi connectivity index (χ3v) is 5.54. The second-order valence-corrected chi connectivity index (χ2v) is 6.93. The van der Waals surface area contributed by atoms with Gasteiger partial charge in [-0.2, -0.15) is 10.4 Å². The van der Waals surface area contributed by atoms with E-state index in [1.54, 1.807) is 0 Å². The van der Waals surface area contributed by atoms with Crippen LogP contribution in [0, 0.1) is 11.3 Å². The van der Waals surface area contributed by atoms with Crippen LogP contribution in [0.4, 0.5) is 0 Å². The molecule has 0 amide bonds. The largest absolute Gasteiger partial charge is 0.454 e. The number of ether oxygens (including phenoxy) is 3. The Labute approximate surface area is 147 Å². The molecule has 0 fully saturated rings. The van der Waals surface area contributed by atoms with Crippen molar-refractivity contribution in [1.29, 1.82) is 5.26 Å². The van der Waals surface area contributed by atoms with Crippen LogP contribution in [0.3, 0.4) is 0 Å². The van der Waals surface area contributed by atoms with Crippen LogP contribution >= 0.6 is 11.3 Å². The van der Waals surface area contributed by atoms with Crippen molar-refractivity contribution in [3.63, 3.8) is 0 Å². The number of rotatable bonds is 2. The lowest BCUT2D eigenvalue weighted by molar-refractivity contribution is 0.174. The summed E-state index contributed by atoms with van der Waals surface area (Å²) in [5, 5.41) is 14.6. The summed E-state index contributed by atoms with van der Waals surface area (Å²) in [5.74, 6) is 2.05. The van der Waals surface area contributed by atoms with Gasteiger partial charge in [0.05, 0.1) is 17.5 Å². The van der Waals surface area contributed by atoms with Gasteiger partial charge in [-0.25, -0.2) is 0 Å². The Kier molecular flexibility index (Phi) is 3.02. The molecule has 1 aliphatic carbocycles. The number of nitriles is 1. The number of hydrogen-bond acceptors (Lipinski definition) is 6. The molecule has 3 aromatic rings. The van der Waals surface area contributed by atoms with Gasteiger partial charge >= 0.3 is 0 Å². The molecule has 0 N–H and O–H groups in total. The zero-order valence-electron chi connectivity index (χ0n) is 13.4. The fourth-order valence-corrected chi connectivity index (χ4v) is 4.40. The lowest BCUT2D eigenvalue weighted by Gasteiger charge is -2.15. The molecule has 1 aromatic carbocycles. The van der Waals surface area contributed by atoms with Gasteiger partial charge in [-0.15, -0.1) is 0 Å². The van der Waals surface area contributed by atoms with Crippen molar-refractivity contribution in [1.82, 2.24) is 9.78 Å². The minimum absolute atomic E-state index is 0.226. The highest BCUT2D eigenvalue weighted by atomic mass is 32.1. The van der Waals surface area contributed by atoms with Gasteiger partial charge in [0.15, 0.2) is 16.6 Å². The van der Waals surface area contributed by atoms with E-state index in [9.17, 15) is 5.26 Å². The van der Waals surface area contributed by atoms with Crippen LogP contribution in [0.2, 0.25) is 0 Å². The van der Waals surface area contributed by atoms with Gasteiger partial charge < -0.3 is 14.2 Å². The number of thiophene rings is 1. The lowest BCUT2D eigenvalue weighted by Crippen LogP contribution is -2.05. The quantitative estimate of drug-likeness (QED) is 0.705. The van der Waals surface area contributed by atoms with Crippen LogP contribution in [0.25, 0.3) is 11.3 Å². The van der Waals surface area contributed by atoms with E-state index >= 15 is 0 Å². The molecule has 0 saturated heterocycles. The Morgan fingerprint density at radius 1 is 1.28 bits per heavy atom. The highest BCUT2D eigenvalue weighted by Crippen LogP contribution is 2.49. The maximum absolute atomic E-state index is 9.51. The molecule has 7 heteroatoms. The predicted molar refractivity (Wildman–Crippen MR) is 91.3 cm³/mol. The summed E-state index contributed by atoms with van der Waals surface area (Å²) in [6.07, 6.45) is 3.62. The molecule has 2 aliphatic rings. The van der Waals surface area contributed by atoms with E-state index in [1.165, 1.54) is 16.9 Å². The summed E-state index contributed by atoms with van der Waals surface area (Å²) in [6, 6.07) is 7.80. The van der Waals surface area contributed by atoms with Gasteiger partial charge in [0.2, 0.25) is 6.79 Å². The summed E-state index contributed by atoms with van der Waals surface area (Å²) in [5.41, 5.74) is 4.27. The smallest absolute Gasteiger partial charge is 0.231 e. The van der Waals surface area contributed by atoms with Crippen LogP contribution < -0.4 is 14.2 Å². The van der Waals surface area contributed by atoms with E-state index in [0.717, 1.165) is 34.7 Å². The van der Waals surface area contributed by atoms with Crippen molar-refractivity contribution in [3.05, 3.63) is 40.4 Å². The standard InChI is InChI=1S/C18H13N3O3S/c1-21-17-10(8-20-21)2-4-12-15(7-19)25-18(16(12)17)24-11-3-5-13-14(6-11)23-9-22-13/h3,5-6,8H,2,4,9H2,1H3. The first-order valence-corrected chi connectivity index (χ1v) is 8.71. The Morgan fingerprint density at radius 2 is 2.16 bits per heavy atom. The zero-order chi connectivity index (χ0) is 17.0. The van der Waals surface area contributed by atoms with Crippen molar-refractivity contribution in [2.45, 2.75) is 12.8 Å². The maximum Gasteiger partial charge on any atom is 0.231 e. The van der Waals surface area contributed by atoms with Crippen molar-refractivity contribution < 1.29 is 14.2 Å². The molecule has 6 nitrogen and oxygen atoms in total. The SMILES string of the molecule is Cn1ncc2c1-c1c(Oc3ccc4c(c3)OCO4)sc(C#N)c1CC2. The van der Waals surface area contributed by atoms with Crippen LogP contribution in [0.5, 0.6) is 22.3 Å². The Bertz CT molecular complexity index is 1040. The molecule has 0 atom stereocenters. The molecular weight excluding hydrogens is 338 g/mol. The van der Waals surface area contributed by atoms with Crippen LogP contribution in [0.15, 0.2) is 24.4 Å². The first-order chi connectivity index (χ1) is 12.2. The van der Waals surface area contributed by atoms with Gasteiger partial charge in [0, 0.05) is 13.1 Å². The number of aromatic nitrogens is 2. The van der Waals surface area contributed by atoms with Gasteiger partial charge in [-0.3, -0.25) is 4.68 Å². The number of nitrogens with zero attached hydrogens (tertiary/aromatic N) is 3. The molecule has 1 aliphatic heterocycles. The molecule has 124 valence electrons. The van der Waals surface area contributed by atoms with Crippen molar-refractivity contribution in [2.75, 3.05) is 6.79 Å². The molecule has 2 aromatic heterocycles. The van der Waals surface area contributed by atoms with E-state index in [4.69, 9.17) is 14.2 Å². The van der Waals surface area contributed by atoms with Crippen LogP contribution in [-0.4, -0.2) is 16.6 Å². The molecule has 0 saturated carbocycles. The monoisotopic (exact) mass is 351 g/mol. The van der Waals surface area contributed by atoms with Crippen LogP contribution in [-0.2, 0) is 19.9 Å². The van der Waals surface area contributed by atoms with E-state index in [-0.39, 0.29) is 6.79 Å². The van der Waals surface area contributed by atoms with E-state index < -0.39 is 0 Å². The molecule has 5 rings (SSSR count). The maximum atomic E-state index is 9.51. The second-order valence-electron chi connectivity index (χ2n) is 5.94. The van der Waals surface area contributed by atoms with Crippen molar-refractivity contribution in [3.8, 4) is 39.6 Å².